The molecule has 0 bridgehead atoms. The molecule has 0 aliphatic carbocycles. The maximum absolute atomic E-state index is 12.9. The van der Waals surface area contributed by atoms with E-state index < -0.39 is 6.04 Å². The van der Waals surface area contributed by atoms with Crippen LogP contribution in [0.25, 0.3) is 10.9 Å². The van der Waals surface area contributed by atoms with Crippen LogP contribution < -0.4 is 11.1 Å². The number of nitrogens with two attached hydrogens (primary N) is 1. The summed E-state index contributed by atoms with van der Waals surface area (Å²) in [5.74, 6) is 0.444. The minimum Gasteiger partial charge on any atom is -0.454 e. The molecule has 7 nitrogen and oxygen atoms in total. The van der Waals surface area contributed by atoms with Crippen LogP contribution in [0, 0.1) is 0 Å². The maximum Gasteiger partial charge on any atom is 0.290 e. The van der Waals surface area contributed by atoms with Crippen molar-refractivity contribution in [2.75, 3.05) is 13.1 Å². The first kappa shape index (κ1) is 18.3. The Morgan fingerprint density at radius 1 is 1.21 bits per heavy atom. The van der Waals surface area contributed by atoms with Crippen LogP contribution in [0.15, 0.2) is 53.1 Å². The molecule has 2 amide bonds. The molecule has 3 heterocycles. The molecule has 7 heteroatoms. The van der Waals surface area contributed by atoms with E-state index in [0.717, 1.165) is 10.9 Å². The molecule has 2 aromatic heterocycles. The number of carbonyl (C=O) groups is 2. The largest absolute Gasteiger partial charge is 0.454 e. The van der Waals surface area contributed by atoms with Crippen molar-refractivity contribution in [2.24, 2.45) is 5.73 Å². The van der Waals surface area contributed by atoms with Gasteiger partial charge in [-0.15, -0.1) is 0 Å². The molecule has 1 aliphatic rings. The van der Waals surface area contributed by atoms with E-state index in [-0.39, 0.29) is 23.6 Å². The normalized spacial score (nSPS) is 19.3. The highest BCUT2D eigenvalue weighted by Gasteiger charge is 2.39. The lowest BCUT2D eigenvalue weighted by molar-refractivity contribution is -0.124. The Bertz CT molecular complexity index is 1010. The number of aromatic nitrogens is 1. The standard InChI is InChI=1S/C21H24N4O3/c1-2-23-20(26)18-11-15(22)12-25(18)21(27)19-8-7-16(28-19)13-24-10-9-14-5-3-4-6-17(14)24/h3-10,15,18H,2,11-13,22H2,1H3,(H,23,26)/t15-,18+/m1/s1. The summed E-state index contributed by atoms with van der Waals surface area (Å²) in [4.78, 5) is 26.7. The predicted molar refractivity (Wildman–Crippen MR) is 106 cm³/mol. The van der Waals surface area contributed by atoms with E-state index in [2.05, 4.69) is 16.0 Å². The van der Waals surface area contributed by atoms with Crippen LogP contribution >= 0.6 is 0 Å². The number of rotatable bonds is 5. The second-order valence-electron chi connectivity index (χ2n) is 7.13. The van der Waals surface area contributed by atoms with Crippen molar-refractivity contribution in [3.63, 3.8) is 0 Å². The fourth-order valence-corrected chi connectivity index (χ4v) is 3.80. The zero-order valence-electron chi connectivity index (χ0n) is 15.8. The van der Waals surface area contributed by atoms with Crippen LogP contribution in [0.1, 0.15) is 29.7 Å². The predicted octanol–water partition coefficient (Wildman–Crippen LogP) is 1.96. The summed E-state index contributed by atoms with van der Waals surface area (Å²) in [7, 11) is 0. The van der Waals surface area contributed by atoms with Crippen LogP contribution in [0.5, 0.6) is 0 Å². The van der Waals surface area contributed by atoms with Crippen molar-refractivity contribution < 1.29 is 14.0 Å². The maximum atomic E-state index is 12.9. The number of furan rings is 1. The fraction of sp³-hybridized carbons (Fsp3) is 0.333. The molecule has 1 aromatic carbocycles. The van der Waals surface area contributed by atoms with Gasteiger partial charge in [-0.05, 0) is 43.0 Å². The lowest BCUT2D eigenvalue weighted by Crippen LogP contribution is -2.45. The molecule has 0 radical (unpaired) electrons. The van der Waals surface area contributed by atoms with E-state index >= 15 is 0 Å². The van der Waals surface area contributed by atoms with Gasteiger partial charge in [-0.2, -0.15) is 0 Å². The first-order chi connectivity index (χ1) is 13.6. The lowest BCUT2D eigenvalue weighted by atomic mass is 10.1. The second-order valence-corrected chi connectivity index (χ2v) is 7.13. The highest BCUT2D eigenvalue weighted by molar-refractivity contribution is 5.96. The van der Waals surface area contributed by atoms with Crippen molar-refractivity contribution >= 4 is 22.7 Å². The van der Waals surface area contributed by atoms with Crippen molar-refractivity contribution in [3.8, 4) is 0 Å². The van der Waals surface area contributed by atoms with Gasteiger partial charge in [0, 0.05) is 30.8 Å². The Hall–Kier alpha value is -3.06. The molecule has 0 saturated carbocycles. The molecule has 0 spiro atoms. The van der Waals surface area contributed by atoms with Gasteiger partial charge in [-0.1, -0.05) is 18.2 Å². The quantitative estimate of drug-likeness (QED) is 0.708. The number of benzene rings is 1. The topological polar surface area (TPSA) is 93.5 Å². The first-order valence-electron chi connectivity index (χ1n) is 9.53. The number of para-hydroxylation sites is 1. The van der Waals surface area contributed by atoms with Gasteiger partial charge in [0.25, 0.3) is 5.91 Å². The molecule has 1 fully saturated rings. The molecule has 3 N–H and O–H groups in total. The average Bonchev–Trinajstić information content (AvgIpc) is 3.41. The number of carbonyl (C=O) groups excluding carboxylic acids is 2. The molecular weight excluding hydrogens is 356 g/mol. The number of amides is 2. The number of likely N-dealkylation sites (tertiary alicyclic amines) is 1. The van der Waals surface area contributed by atoms with Crippen LogP contribution in [-0.2, 0) is 11.3 Å². The second kappa shape index (κ2) is 7.52. The summed E-state index contributed by atoms with van der Waals surface area (Å²) >= 11 is 0. The van der Waals surface area contributed by atoms with Gasteiger partial charge < -0.3 is 24.9 Å². The minimum absolute atomic E-state index is 0.172. The molecule has 1 saturated heterocycles. The molecule has 146 valence electrons. The van der Waals surface area contributed by atoms with E-state index in [1.165, 1.54) is 4.90 Å². The number of hydrogen-bond acceptors (Lipinski definition) is 4. The third kappa shape index (κ3) is 3.41. The summed E-state index contributed by atoms with van der Waals surface area (Å²) in [6.07, 6.45) is 2.46. The van der Waals surface area contributed by atoms with Crippen molar-refractivity contribution in [1.29, 1.82) is 0 Å². The molecule has 4 rings (SSSR count). The molecule has 2 atom stereocenters. The van der Waals surface area contributed by atoms with Gasteiger partial charge >= 0.3 is 0 Å². The third-order valence-electron chi connectivity index (χ3n) is 5.13. The van der Waals surface area contributed by atoms with Gasteiger partial charge in [0.1, 0.15) is 11.8 Å². The van der Waals surface area contributed by atoms with Gasteiger partial charge in [0.05, 0.1) is 6.54 Å². The zero-order valence-corrected chi connectivity index (χ0v) is 15.8. The summed E-state index contributed by atoms with van der Waals surface area (Å²) in [6.45, 7) is 3.24. The Morgan fingerprint density at radius 3 is 2.86 bits per heavy atom. The molecule has 28 heavy (non-hydrogen) atoms. The number of nitrogens with one attached hydrogen (secondary N) is 1. The van der Waals surface area contributed by atoms with Gasteiger partial charge in [0.15, 0.2) is 5.76 Å². The monoisotopic (exact) mass is 380 g/mol. The van der Waals surface area contributed by atoms with Crippen molar-refractivity contribution in [3.05, 3.63) is 60.2 Å². The van der Waals surface area contributed by atoms with E-state index in [1.807, 2.05) is 37.4 Å². The Kier molecular flexibility index (Phi) is 4.92. The lowest BCUT2D eigenvalue weighted by Gasteiger charge is -2.22. The highest BCUT2D eigenvalue weighted by atomic mass is 16.4. The van der Waals surface area contributed by atoms with Gasteiger partial charge in [0.2, 0.25) is 5.91 Å². The Labute approximate surface area is 163 Å². The highest BCUT2D eigenvalue weighted by Crippen LogP contribution is 2.22. The number of nitrogens with zero attached hydrogens (tertiary/aromatic N) is 2. The summed E-state index contributed by atoms with van der Waals surface area (Å²) in [6, 6.07) is 12.9. The molecule has 0 unspecified atom stereocenters. The fourth-order valence-electron chi connectivity index (χ4n) is 3.80. The Balaban J connectivity index is 1.52. The van der Waals surface area contributed by atoms with E-state index in [0.29, 0.717) is 31.8 Å². The van der Waals surface area contributed by atoms with Crippen LogP contribution in [0.2, 0.25) is 0 Å². The summed E-state index contributed by atoms with van der Waals surface area (Å²) < 4.78 is 7.89. The number of hydrogen-bond donors (Lipinski definition) is 2. The van der Waals surface area contributed by atoms with Crippen molar-refractivity contribution in [2.45, 2.75) is 32.0 Å². The van der Waals surface area contributed by atoms with E-state index in [1.54, 1.807) is 12.1 Å². The molecule has 3 aromatic rings. The molecular formula is C21H24N4O3. The Morgan fingerprint density at radius 2 is 2.04 bits per heavy atom. The zero-order chi connectivity index (χ0) is 19.7. The average molecular weight is 380 g/mol. The molecule has 1 aliphatic heterocycles. The van der Waals surface area contributed by atoms with Crippen LogP contribution in [-0.4, -0.2) is 46.5 Å². The summed E-state index contributed by atoms with van der Waals surface area (Å²) in [5.41, 5.74) is 7.11. The third-order valence-corrected chi connectivity index (χ3v) is 5.13. The number of likely N-dealkylation sites (N-methyl/N-ethyl adjacent to an activating group) is 1. The minimum atomic E-state index is -0.551. The van der Waals surface area contributed by atoms with E-state index in [4.69, 9.17) is 10.2 Å². The van der Waals surface area contributed by atoms with Crippen molar-refractivity contribution in [1.82, 2.24) is 14.8 Å². The SMILES string of the molecule is CCNC(=O)[C@@H]1C[C@@H](N)CN1C(=O)c1ccc(Cn2ccc3ccccc32)o1. The summed E-state index contributed by atoms with van der Waals surface area (Å²) in [5, 5.41) is 3.93. The van der Waals surface area contributed by atoms with Crippen LogP contribution in [0.4, 0.5) is 0 Å². The number of fused-ring (bicyclic) bond motifs is 1. The van der Waals surface area contributed by atoms with Crippen LogP contribution in [0.3, 0.4) is 0 Å². The first-order valence-corrected chi connectivity index (χ1v) is 9.53. The van der Waals surface area contributed by atoms with Gasteiger partial charge in [-0.3, -0.25) is 9.59 Å². The van der Waals surface area contributed by atoms with E-state index in [9.17, 15) is 9.59 Å². The smallest absolute Gasteiger partial charge is 0.290 e. The van der Waals surface area contributed by atoms with Gasteiger partial charge in [-0.25, -0.2) is 0 Å².